The van der Waals surface area contributed by atoms with E-state index in [1.54, 1.807) is 36.4 Å². The van der Waals surface area contributed by atoms with Gasteiger partial charge in [0, 0.05) is 23.1 Å². The van der Waals surface area contributed by atoms with Gasteiger partial charge in [-0.15, -0.1) is 0 Å². The second-order valence-corrected chi connectivity index (χ2v) is 6.59. The summed E-state index contributed by atoms with van der Waals surface area (Å²) >= 11 is 0. The molecule has 2 aliphatic rings. The Morgan fingerprint density at radius 2 is 2.00 bits per heavy atom. The highest BCUT2D eigenvalue weighted by Gasteiger charge is 2.35. The minimum atomic E-state index is -1.07. The second-order valence-electron chi connectivity index (χ2n) is 6.59. The number of carbonyl (C=O) groups excluding carboxylic acids is 2. The van der Waals surface area contributed by atoms with Crippen molar-refractivity contribution in [1.29, 1.82) is 5.26 Å². The first kappa shape index (κ1) is 17.0. The molecular formula is C20H17FN4O2. The molecule has 7 heteroatoms. The van der Waals surface area contributed by atoms with Crippen LogP contribution in [-0.2, 0) is 4.79 Å². The SMILES string of the molecule is N#Cc1cccc2c(C(=O)NCC(=O)N3CC(F)C/C3=C3/CN3)cccc12. The van der Waals surface area contributed by atoms with Gasteiger partial charge in [0.1, 0.15) is 6.17 Å². The third-order valence-corrected chi connectivity index (χ3v) is 4.81. The van der Waals surface area contributed by atoms with Crippen LogP contribution in [0.1, 0.15) is 22.3 Å². The van der Waals surface area contributed by atoms with Crippen LogP contribution in [0.15, 0.2) is 47.8 Å². The molecule has 0 radical (unpaired) electrons. The molecule has 1 atom stereocenters. The summed E-state index contributed by atoms with van der Waals surface area (Å²) in [5.41, 5.74) is 2.46. The molecule has 2 heterocycles. The minimum absolute atomic E-state index is 0.0228. The summed E-state index contributed by atoms with van der Waals surface area (Å²) in [5.74, 6) is -0.739. The lowest BCUT2D eigenvalue weighted by Crippen LogP contribution is -2.38. The molecule has 6 nitrogen and oxygen atoms in total. The molecule has 2 saturated heterocycles. The highest BCUT2D eigenvalue weighted by atomic mass is 19.1. The third-order valence-electron chi connectivity index (χ3n) is 4.81. The zero-order valence-corrected chi connectivity index (χ0v) is 14.5. The molecule has 136 valence electrons. The molecule has 2 aromatic carbocycles. The highest BCUT2D eigenvalue weighted by molar-refractivity contribution is 6.08. The average molecular weight is 364 g/mol. The van der Waals surface area contributed by atoms with Gasteiger partial charge in [0.2, 0.25) is 5.91 Å². The van der Waals surface area contributed by atoms with Crippen LogP contribution < -0.4 is 10.6 Å². The van der Waals surface area contributed by atoms with Crippen LogP contribution in [0.5, 0.6) is 0 Å². The molecular weight excluding hydrogens is 347 g/mol. The van der Waals surface area contributed by atoms with Crippen molar-refractivity contribution in [2.75, 3.05) is 19.6 Å². The number of nitriles is 1. The molecule has 2 fully saturated rings. The molecule has 1 unspecified atom stereocenters. The van der Waals surface area contributed by atoms with Crippen LogP contribution in [-0.4, -0.2) is 42.5 Å². The predicted molar refractivity (Wildman–Crippen MR) is 97.3 cm³/mol. The second kappa shape index (κ2) is 6.72. The Balaban J connectivity index is 1.50. The first-order valence-electron chi connectivity index (χ1n) is 8.69. The number of benzene rings is 2. The number of alkyl halides is 1. The number of allylic oxidation sites excluding steroid dienone is 1. The summed E-state index contributed by atoms with van der Waals surface area (Å²) in [6, 6.07) is 12.4. The maximum Gasteiger partial charge on any atom is 0.252 e. The van der Waals surface area contributed by atoms with E-state index in [2.05, 4.69) is 16.7 Å². The van der Waals surface area contributed by atoms with E-state index in [9.17, 15) is 19.2 Å². The van der Waals surface area contributed by atoms with Crippen molar-refractivity contribution in [3.05, 3.63) is 58.9 Å². The minimum Gasteiger partial charge on any atom is -0.380 e. The van der Waals surface area contributed by atoms with E-state index in [0.717, 1.165) is 5.70 Å². The molecule has 0 spiro atoms. The molecule has 2 N–H and O–H groups in total. The monoisotopic (exact) mass is 364 g/mol. The molecule has 2 aromatic rings. The molecule has 27 heavy (non-hydrogen) atoms. The van der Waals surface area contributed by atoms with Crippen molar-refractivity contribution < 1.29 is 14.0 Å². The smallest absolute Gasteiger partial charge is 0.252 e. The summed E-state index contributed by atoms with van der Waals surface area (Å²) in [6.45, 7) is 0.487. The normalized spacial score (nSPS) is 20.9. The number of nitrogens with one attached hydrogen (secondary N) is 2. The highest BCUT2D eigenvalue weighted by Crippen LogP contribution is 2.29. The van der Waals surface area contributed by atoms with E-state index < -0.39 is 12.1 Å². The number of likely N-dealkylation sites (tertiary alicyclic amines) is 1. The Morgan fingerprint density at radius 1 is 1.26 bits per heavy atom. The lowest BCUT2D eigenvalue weighted by Gasteiger charge is -2.17. The number of fused-ring (bicyclic) bond motifs is 1. The maximum atomic E-state index is 13.7. The Hall–Kier alpha value is -3.40. The Labute approximate surface area is 155 Å². The maximum absolute atomic E-state index is 13.7. The van der Waals surface area contributed by atoms with Gasteiger partial charge in [-0.2, -0.15) is 5.26 Å². The molecule has 2 aliphatic heterocycles. The van der Waals surface area contributed by atoms with Gasteiger partial charge in [0.25, 0.3) is 5.91 Å². The first-order chi connectivity index (χ1) is 13.1. The molecule has 0 bridgehead atoms. The quantitative estimate of drug-likeness (QED) is 0.812. The van der Waals surface area contributed by atoms with Crippen LogP contribution in [0.4, 0.5) is 4.39 Å². The number of carbonyl (C=O) groups is 2. The van der Waals surface area contributed by atoms with Gasteiger partial charge in [0.15, 0.2) is 0 Å². The van der Waals surface area contributed by atoms with Gasteiger partial charge in [-0.1, -0.05) is 24.3 Å². The van der Waals surface area contributed by atoms with Gasteiger partial charge in [0.05, 0.1) is 37.0 Å². The molecule has 0 aromatic heterocycles. The zero-order chi connectivity index (χ0) is 19.0. The molecule has 4 rings (SSSR count). The van der Waals surface area contributed by atoms with Crippen LogP contribution >= 0.6 is 0 Å². The summed E-state index contributed by atoms with van der Waals surface area (Å²) in [5, 5.41) is 16.2. The van der Waals surface area contributed by atoms with E-state index in [1.807, 2.05) is 0 Å². The topological polar surface area (TPSA) is 95.1 Å². The van der Waals surface area contributed by atoms with E-state index >= 15 is 0 Å². The summed E-state index contributed by atoms with van der Waals surface area (Å²) in [7, 11) is 0. The fraction of sp³-hybridized carbons (Fsp3) is 0.250. The first-order valence-corrected chi connectivity index (χ1v) is 8.69. The van der Waals surface area contributed by atoms with Crippen LogP contribution in [0.25, 0.3) is 10.8 Å². The fourth-order valence-corrected chi connectivity index (χ4v) is 3.43. The number of halogens is 1. The zero-order valence-electron chi connectivity index (χ0n) is 14.5. The Kier molecular flexibility index (Phi) is 4.24. The molecule has 2 amide bonds. The summed E-state index contributed by atoms with van der Waals surface area (Å²) in [4.78, 5) is 26.5. The van der Waals surface area contributed by atoms with Crippen LogP contribution in [0.2, 0.25) is 0 Å². The van der Waals surface area contributed by atoms with Crippen molar-refractivity contribution in [2.24, 2.45) is 0 Å². The van der Waals surface area contributed by atoms with Crippen molar-refractivity contribution in [3.8, 4) is 6.07 Å². The number of hydrogen-bond donors (Lipinski definition) is 2. The summed E-state index contributed by atoms with van der Waals surface area (Å²) < 4.78 is 13.7. The average Bonchev–Trinajstić information content (AvgIpc) is 3.46. The number of rotatable bonds is 3. The molecule has 0 saturated carbocycles. The van der Waals surface area contributed by atoms with E-state index in [1.165, 1.54) is 4.90 Å². The number of hydrogen-bond acceptors (Lipinski definition) is 4. The van der Waals surface area contributed by atoms with Gasteiger partial charge in [-0.3, -0.25) is 9.59 Å². The lowest BCUT2D eigenvalue weighted by molar-refractivity contribution is -0.127. The Morgan fingerprint density at radius 3 is 2.74 bits per heavy atom. The van der Waals surface area contributed by atoms with Crippen molar-refractivity contribution in [2.45, 2.75) is 12.6 Å². The van der Waals surface area contributed by atoms with Gasteiger partial charge in [-0.05, 0) is 17.5 Å². The van der Waals surface area contributed by atoms with Gasteiger partial charge >= 0.3 is 0 Å². The largest absolute Gasteiger partial charge is 0.380 e. The van der Waals surface area contributed by atoms with Crippen LogP contribution in [0, 0.1) is 11.3 Å². The van der Waals surface area contributed by atoms with Crippen molar-refractivity contribution >= 4 is 22.6 Å². The fourth-order valence-electron chi connectivity index (χ4n) is 3.43. The predicted octanol–water partition coefficient (Wildman–Crippen LogP) is 1.83. The number of nitrogens with zero attached hydrogens (tertiary/aromatic N) is 2. The Bertz CT molecular complexity index is 1020. The summed E-state index contributed by atoms with van der Waals surface area (Å²) in [6.07, 6.45) is -0.848. The van der Waals surface area contributed by atoms with Gasteiger partial charge < -0.3 is 15.5 Å². The van der Waals surface area contributed by atoms with Gasteiger partial charge in [-0.25, -0.2) is 4.39 Å². The van der Waals surface area contributed by atoms with Crippen molar-refractivity contribution in [3.63, 3.8) is 0 Å². The van der Waals surface area contributed by atoms with E-state index in [0.29, 0.717) is 34.1 Å². The van der Waals surface area contributed by atoms with E-state index in [4.69, 9.17) is 0 Å². The third kappa shape index (κ3) is 3.22. The van der Waals surface area contributed by atoms with Crippen molar-refractivity contribution in [1.82, 2.24) is 15.5 Å². The lowest BCUT2D eigenvalue weighted by atomic mass is 10.0. The molecule has 0 aliphatic carbocycles. The van der Waals surface area contributed by atoms with E-state index in [-0.39, 0.29) is 25.4 Å². The standard InChI is InChI=1S/C20H17FN4O2/c21-13-7-18(17-9-23-17)25(11-13)19(26)10-24-20(27)16-6-2-4-14-12(8-22)3-1-5-15(14)16/h1-6,13,23H,7,9-11H2,(H,24,27)/b18-17+. The van der Waals surface area contributed by atoms with Crippen LogP contribution in [0.3, 0.4) is 0 Å². The number of amides is 2.